The van der Waals surface area contributed by atoms with E-state index in [2.05, 4.69) is 5.32 Å². The number of hydrogen-bond acceptors (Lipinski definition) is 3. The maximum absolute atomic E-state index is 12.8. The van der Waals surface area contributed by atoms with Gasteiger partial charge in [0.15, 0.2) is 0 Å². The summed E-state index contributed by atoms with van der Waals surface area (Å²) < 4.78 is 12.8. The van der Waals surface area contributed by atoms with Gasteiger partial charge in [-0.1, -0.05) is 18.6 Å². The van der Waals surface area contributed by atoms with E-state index in [1.54, 1.807) is 0 Å². The minimum Gasteiger partial charge on any atom is -0.387 e. The molecule has 1 saturated carbocycles. The van der Waals surface area contributed by atoms with Crippen LogP contribution >= 0.6 is 12.4 Å². The van der Waals surface area contributed by atoms with E-state index in [-0.39, 0.29) is 42.6 Å². The van der Waals surface area contributed by atoms with Crippen molar-refractivity contribution in [3.05, 3.63) is 35.6 Å². The molecule has 3 atom stereocenters. The van der Waals surface area contributed by atoms with E-state index in [4.69, 9.17) is 5.73 Å². The summed E-state index contributed by atoms with van der Waals surface area (Å²) in [7, 11) is 0. The number of nitrogens with two attached hydrogens (primary N) is 1. The van der Waals surface area contributed by atoms with E-state index in [1.165, 1.54) is 24.3 Å². The summed E-state index contributed by atoms with van der Waals surface area (Å²) in [5.74, 6) is -0.457. The van der Waals surface area contributed by atoms with E-state index in [0.717, 1.165) is 19.3 Å². The number of carbonyl (C=O) groups excluding carboxylic acids is 1. The third-order valence-corrected chi connectivity index (χ3v) is 3.81. The lowest BCUT2D eigenvalue weighted by Crippen LogP contribution is -2.39. The molecule has 1 aliphatic carbocycles. The second-order valence-electron chi connectivity index (χ2n) is 5.44. The molecule has 4 N–H and O–H groups in total. The molecule has 1 aromatic carbocycles. The van der Waals surface area contributed by atoms with Gasteiger partial charge >= 0.3 is 0 Å². The number of benzene rings is 1. The van der Waals surface area contributed by atoms with Crippen molar-refractivity contribution in [3.8, 4) is 0 Å². The molecule has 1 fully saturated rings. The predicted octanol–water partition coefficient (Wildman–Crippen LogP) is 1.91. The van der Waals surface area contributed by atoms with Crippen molar-refractivity contribution in [2.24, 2.45) is 11.7 Å². The first-order valence-corrected chi connectivity index (χ1v) is 7.03. The van der Waals surface area contributed by atoms with Crippen LogP contribution in [0, 0.1) is 11.7 Å². The maximum atomic E-state index is 12.8. The zero-order chi connectivity index (χ0) is 14.5. The van der Waals surface area contributed by atoms with Crippen molar-refractivity contribution in [2.75, 3.05) is 6.54 Å². The van der Waals surface area contributed by atoms with Crippen LogP contribution < -0.4 is 11.1 Å². The van der Waals surface area contributed by atoms with E-state index in [1.807, 2.05) is 0 Å². The zero-order valence-corrected chi connectivity index (χ0v) is 12.6. The van der Waals surface area contributed by atoms with E-state index >= 15 is 0 Å². The molecular weight excluding hydrogens is 295 g/mol. The van der Waals surface area contributed by atoms with Gasteiger partial charge < -0.3 is 16.2 Å². The van der Waals surface area contributed by atoms with Gasteiger partial charge in [-0.15, -0.1) is 12.4 Å². The first kappa shape index (κ1) is 17.9. The fraction of sp³-hybridized carbons (Fsp3) is 0.533. The molecule has 0 aliphatic heterocycles. The Labute approximate surface area is 130 Å². The molecule has 1 amide bonds. The fourth-order valence-electron chi connectivity index (χ4n) is 2.61. The molecule has 2 rings (SSSR count). The van der Waals surface area contributed by atoms with Crippen LogP contribution in [0.4, 0.5) is 4.39 Å². The number of aliphatic hydroxyl groups is 1. The van der Waals surface area contributed by atoms with E-state index < -0.39 is 6.10 Å². The van der Waals surface area contributed by atoms with Crippen LogP contribution in [0.5, 0.6) is 0 Å². The van der Waals surface area contributed by atoms with Crippen LogP contribution in [0.25, 0.3) is 0 Å². The standard InChI is InChI=1S/C15H21FN2O2.ClH/c16-12-6-4-10(5-7-12)14(19)9-18-15(20)11-2-1-3-13(17)8-11;/h4-7,11,13-14,19H,1-3,8-9,17H2,(H,18,20);1H. The van der Waals surface area contributed by atoms with Gasteiger partial charge in [-0.05, 0) is 37.0 Å². The third kappa shape index (κ3) is 5.26. The quantitative estimate of drug-likeness (QED) is 0.794. The lowest BCUT2D eigenvalue weighted by molar-refractivity contribution is -0.126. The average Bonchev–Trinajstić information content (AvgIpc) is 2.45. The Bertz CT molecular complexity index is 455. The number of carbonyl (C=O) groups is 1. The highest BCUT2D eigenvalue weighted by atomic mass is 35.5. The molecular formula is C15H22ClFN2O2. The number of rotatable bonds is 4. The van der Waals surface area contributed by atoms with Crippen LogP contribution in [-0.2, 0) is 4.79 Å². The minimum atomic E-state index is -0.822. The molecule has 4 nitrogen and oxygen atoms in total. The minimum absolute atomic E-state index is 0. The second-order valence-corrected chi connectivity index (χ2v) is 5.44. The highest BCUT2D eigenvalue weighted by Gasteiger charge is 2.25. The summed E-state index contributed by atoms with van der Waals surface area (Å²) in [6.45, 7) is 0.135. The summed E-state index contributed by atoms with van der Waals surface area (Å²) in [6.07, 6.45) is 2.68. The average molecular weight is 317 g/mol. The van der Waals surface area contributed by atoms with Gasteiger partial charge in [0.2, 0.25) is 5.91 Å². The van der Waals surface area contributed by atoms with Crippen molar-refractivity contribution in [1.29, 1.82) is 0 Å². The molecule has 1 aromatic rings. The summed E-state index contributed by atoms with van der Waals surface area (Å²) in [4.78, 5) is 12.0. The third-order valence-electron chi connectivity index (χ3n) is 3.81. The summed E-state index contributed by atoms with van der Waals surface area (Å²) in [5, 5.41) is 12.7. The van der Waals surface area contributed by atoms with Gasteiger partial charge in [0.1, 0.15) is 5.82 Å². The largest absolute Gasteiger partial charge is 0.387 e. The van der Waals surface area contributed by atoms with Crippen LogP contribution in [0.1, 0.15) is 37.4 Å². The number of nitrogens with one attached hydrogen (secondary N) is 1. The summed E-state index contributed by atoms with van der Waals surface area (Å²) >= 11 is 0. The van der Waals surface area contributed by atoms with Crippen molar-refractivity contribution < 1.29 is 14.3 Å². The van der Waals surface area contributed by atoms with Gasteiger partial charge in [-0.25, -0.2) is 4.39 Å². The molecule has 0 bridgehead atoms. The van der Waals surface area contributed by atoms with Gasteiger partial charge in [0.05, 0.1) is 6.10 Å². The Balaban J connectivity index is 0.00000220. The molecule has 3 unspecified atom stereocenters. The Morgan fingerprint density at radius 2 is 2.05 bits per heavy atom. The highest BCUT2D eigenvalue weighted by molar-refractivity contribution is 5.85. The Morgan fingerprint density at radius 1 is 1.38 bits per heavy atom. The molecule has 6 heteroatoms. The highest BCUT2D eigenvalue weighted by Crippen LogP contribution is 2.23. The van der Waals surface area contributed by atoms with Crippen LogP contribution in [0.3, 0.4) is 0 Å². The van der Waals surface area contributed by atoms with Crippen molar-refractivity contribution in [3.63, 3.8) is 0 Å². The Hall–Kier alpha value is -1.17. The van der Waals surface area contributed by atoms with Gasteiger partial charge in [0.25, 0.3) is 0 Å². The number of amides is 1. The van der Waals surface area contributed by atoms with Gasteiger partial charge in [-0.2, -0.15) is 0 Å². The number of halogens is 2. The fourth-order valence-corrected chi connectivity index (χ4v) is 2.61. The summed E-state index contributed by atoms with van der Waals surface area (Å²) in [5.41, 5.74) is 6.45. The molecule has 118 valence electrons. The molecule has 0 radical (unpaired) electrons. The lowest BCUT2D eigenvalue weighted by Gasteiger charge is -2.26. The number of aliphatic hydroxyl groups excluding tert-OH is 1. The van der Waals surface area contributed by atoms with Crippen LogP contribution in [-0.4, -0.2) is 23.6 Å². The topological polar surface area (TPSA) is 75.4 Å². The monoisotopic (exact) mass is 316 g/mol. The normalized spacial score (nSPS) is 23.0. The maximum Gasteiger partial charge on any atom is 0.223 e. The Morgan fingerprint density at radius 3 is 2.67 bits per heavy atom. The number of hydrogen-bond donors (Lipinski definition) is 3. The van der Waals surface area contributed by atoms with Crippen molar-refractivity contribution >= 4 is 18.3 Å². The van der Waals surface area contributed by atoms with E-state index in [9.17, 15) is 14.3 Å². The zero-order valence-electron chi connectivity index (χ0n) is 11.8. The Kier molecular flexibility index (Phi) is 7.08. The summed E-state index contributed by atoms with van der Waals surface area (Å²) in [6, 6.07) is 5.72. The first-order valence-electron chi connectivity index (χ1n) is 7.03. The molecule has 0 aromatic heterocycles. The van der Waals surface area contributed by atoms with Crippen molar-refractivity contribution in [1.82, 2.24) is 5.32 Å². The van der Waals surface area contributed by atoms with Crippen LogP contribution in [0.15, 0.2) is 24.3 Å². The lowest BCUT2D eigenvalue weighted by atomic mass is 9.85. The molecule has 1 aliphatic rings. The van der Waals surface area contributed by atoms with Crippen molar-refractivity contribution in [2.45, 2.75) is 37.8 Å². The smallest absolute Gasteiger partial charge is 0.223 e. The molecule has 21 heavy (non-hydrogen) atoms. The van der Waals surface area contributed by atoms with Crippen LogP contribution in [0.2, 0.25) is 0 Å². The molecule has 0 heterocycles. The van der Waals surface area contributed by atoms with Gasteiger partial charge in [0, 0.05) is 18.5 Å². The molecule has 0 saturated heterocycles. The van der Waals surface area contributed by atoms with Gasteiger partial charge in [-0.3, -0.25) is 4.79 Å². The SMILES string of the molecule is Cl.NC1CCCC(C(=O)NCC(O)c2ccc(F)cc2)C1. The predicted molar refractivity (Wildman–Crippen MR) is 81.6 cm³/mol. The molecule has 0 spiro atoms. The van der Waals surface area contributed by atoms with E-state index in [0.29, 0.717) is 12.0 Å². The second kappa shape index (κ2) is 8.32. The first-order chi connectivity index (χ1) is 9.56.